The Morgan fingerprint density at radius 2 is 1.06 bits per heavy atom. The van der Waals surface area contributed by atoms with E-state index < -0.39 is 0 Å². The van der Waals surface area contributed by atoms with E-state index in [1.165, 1.54) is 11.3 Å². The summed E-state index contributed by atoms with van der Waals surface area (Å²) in [7, 11) is 0. The van der Waals surface area contributed by atoms with Gasteiger partial charge in [0.05, 0.1) is 6.61 Å². The standard InChI is InChI=1S/C16H32O/c1-11-17-13(16(8,9)10)12(14(2,3)4)15(5,6)7/h11H2,1-10H3. The van der Waals surface area contributed by atoms with Crippen LogP contribution in [-0.4, -0.2) is 6.61 Å². The Morgan fingerprint density at radius 3 is 1.24 bits per heavy atom. The maximum atomic E-state index is 6.00. The number of ether oxygens (including phenoxy) is 1. The van der Waals surface area contributed by atoms with E-state index in [9.17, 15) is 0 Å². The molecule has 0 atom stereocenters. The van der Waals surface area contributed by atoms with E-state index in [4.69, 9.17) is 4.74 Å². The van der Waals surface area contributed by atoms with Crippen LogP contribution in [0.5, 0.6) is 0 Å². The normalized spacial score (nSPS) is 13.5. The van der Waals surface area contributed by atoms with Gasteiger partial charge < -0.3 is 4.74 Å². The van der Waals surface area contributed by atoms with Gasteiger partial charge in [-0.1, -0.05) is 62.3 Å². The van der Waals surface area contributed by atoms with Gasteiger partial charge in [0.2, 0.25) is 0 Å². The van der Waals surface area contributed by atoms with Crippen molar-refractivity contribution in [2.45, 2.75) is 69.2 Å². The number of allylic oxidation sites excluding steroid dienone is 2. The van der Waals surface area contributed by atoms with E-state index in [0.29, 0.717) is 0 Å². The summed E-state index contributed by atoms with van der Waals surface area (Å²) in [6, 6.07) is 0. The molecule has 0 spiro atoms. The van der Waals surface area contributed by atoms with Crippen LogP contribution in [-0.2, 0) is 4.74 Å². The summed E-state index contributed by atoms with van der Waals surface area (Å²) in [5.74, 6) is 1.17. The van der Waals surface area contributed by atoms with Crippen LogP contribution in [0.4, 0.5) is 0 Å². The second-order valence-electron chi connectivity index (χ2n) is 7.89. The Hall–Kier alpha value is -0.460. The first-order valence-corrected chi connectivity index (χ1v) is 6.70. The van der Waals surface area contributed by atoms with Gasteiger partial charge in [-0.25, -0.2) is 0 Å². The highest BCUT2D eigenvalue weighted by Crippen LogP contribution is 2.45. The monoisotopic (exact) mass is 240 g/mol. The Labute approximate surface area is 109 Å². The first-order chi connectivity index (χ1) is 7.31. The van der Waals surface area contributed by atoms with Crippen LogP contribution in [0.1, 0.15) is 69.2 Å². The summed E-state index contributed by atoms with van der Waals surface area (Å²) in [5.41, 5.74) is 1.76. The van der Waals surface area contributed by atoms with E-state index in [-0.39, 0.29) is 16.2 Å². The van der Waals surface area contributed by atoms with Crippen molar-refractivity contribution in [3.05, 3.63) is 11.3 Å². The van der Waals surface area contributed by atoms with Gasteiger partial charge in [0.15, 0.2) is 0 Å². The van der Waals surface area contributed by atoms with Crippen molar-refractivity contribution >= 4 is 0 Å². The zero-order valence-electron chi connectivity index (χ0n) is 13.6. The number of hydrogen-bond donors (Lipinski definition) is 0. The van der Waals surface area contributed by atoms with Crippen molar-refractivity contribution in [2.75, 3.05) is 6.61 Å². The van der Waals surface area contributed by atoms with Crippen molar-refractivity contribution < 1.29 is 4.74 Å². The Bertz CT molecular complexity index is 260. The van der Waals surface area contributed by atoms with Crippen molar-refractivity contribution in [3.63, 3.8) is 0 Å². The van der Waals surface area contributed by atoms with Crippen LogP contribution in [0.3, 0.4) is 0 Å². The van der Waals surface area contributed by atoms with Gasteiger partial charge in [0.1, 0.15) is 5.76 Å². The zero-order chi connectivity index (χ0) is 14.1. The quantitative estimate of drug-likeness (QED) is 0.586. The summed E-state index contributed by atoms with van der Waals surface area (Å²) < 4.78 is 6.00. The lowest BCUT2D eigenvalue weighted by Crippen LogP contribution is -2.29. The molecule has 0 rings (SSSR count). The summed E-state index contributed by atoms with van der Waals surface area (Å²) >= 11 is 0. The summed E-state index contributed by atoms with van der Waals surface area (Å²) in [4.78, 5) is 0. The minimum atomic E-state index is 0.0614. The van der Waals surface area contributed by atoms with E-state index >= 15 is 0 Å². The molecule has 17 heavy (non-hydrogen) atoms. The molecule has 0 aliphatic carbocycles. The maximum Gasteiger partial charge on any atom is 0.101 e. The predicted octanol–water partition coefficient (Wildman–Crippen LogP) is 5.42. The Kier molecular flexibility index (Phi) is 4.90. The maximum absolute atomic E-state index is 6.00. The van der Waals surface area contributed by atoms with Crippen molar-refractivity contribution in [2.24, 2.45) is 16.2 Å². The second kappa shape index (κ2) is 5.04. The van der Waals surface area contributed by atoms with Gasteiger partial charge in [-0.05, 0) is 23.3 Å². The summed E-state index contributed by atoms with van der Waals surface area (Å²) in [5, 5.41) is 0. The smallest absolute Gasteiger partial charge is 0.101 e. The van der Waals surface area contributed by atoms with Gasteiger partial charge in [-0.15, -0.1) is 0 Å². The summed E-state index contributed by atoms with van der Waals surface area (Å²) in [6.45, 7) is 23.2. The van der Waals surface area contributed by atoms with E-state index in [1.54, 1.807) is 0 Å². The van der Waals surface area contributed by atoms with Gasteiger partial charge in [0.25, 0.3) is 0 Å². The first-order valence-electron chi connectivity index (χ1n) is 6.70. The lowest BCUT2D eigenvalue weighted by atomic mass is 9.68. The molecule has 0 amide bonds. The molecule has 0 bridgehead atoms. The van der Waals surface area contributed by atoms with Crippen LogP contribution in [0.15, 0.2) is 11.3 Å². The molecule has 0 unspecified atom stereocenters. The molecule has 1 heteroatoms. The Balaban J connectivity index is 5.95. The van der Waals surface area contributed by atoms with E-state index in [1.807, 2.05) is 0 Å². The van der Waals surface area contributed by atoms with Gasteiger partial charge in [-0.2, -0.15) is 0 Å². The molecule has 1 nitrogen and oxygen atoms in total. The molecule has 0 aliphatic heterocycles. The molecule has 0 saturated carbocycles. The molecule has 0 saturated heterocycles. The topological polar surface area (TPSA) is 9.23 Å². The van der Waals surface area contributed by atoms with Gasteiger partial charge in [0, 0.05) is 5.41 Å². The highest BCUT2D eigenvalue weighted by atomic mass is 16.5. The molecular weight excluding hydrogens is 208 g/mol. The van der Waals surface area contributed by atoms with Crippen LogP contribution in [0.25, 0.3) is 0 Å². The average molecular weight is 240 g/mol. The van der Waals surface area contributed by atoms with Crippen LogP contribution < -0.4 is 0 Å². The Morgan fingerprint density at radius 1 is 0.706 bits per heavy atom. The van der Waals surface area contributed by atoms with Crippen LogP contribution in [0, 0.1) is 16.2 Å². The van der Waals surface area contributed by atoms with Gasteiger partial charge in [-0.3, -0.25) is 0 Å². The van der Waals surface area contributed by atoms with Crippen molar-refractivity contribution in [1.82, 2.24) is 0 Å². The minimum Gasteiger partial charge on any atom is -0.498 e. The molecule has 0 radical (unpaired) electrons. The van der Waals surface area contributed by atoms with Crippen LogP contribution in [0.2, 0.25) is 0 Å². The zero-order valence-corrected chi connectivity index (χ0v) is 13.6. The summed E-state index contributed by atoms with van der Waals surface area (Å²) in [6.07, 6.45) is 0. The minimum absolute atomic E-state index is 0.0614. The van der Waals surface area contributed by atoms with Gasteiger partial charge >= 0.3 is 0 Å². The third-order valence-electron chi connectivity index (χ3n) is 2.70. The first kappa shape index (κ1) is 16.5. The molecule has 0 aromatic heterocycles. The predicted molar refractivity (Wildman–Crippen MR) is 77.0 cm³/mol. The fraction of sp³-hybridized carbons (Fsp3) is 0.875. The molecule has 0 fully saturated rings. The fourth-order valence-corrected chi connectivity index (χ4v) is 2.61. The van der Waals surface area contributed by atoms with Crippen LogP contribution >= 0.6 is 0 Å². The van der Waals surface area contributed by atoms with Crippen molar-refractivity contribution in [3.8, 4) is 0 Å². The molecular formula is C16H32O. The van der Waals surface area contributed by atoms with Crippen molar-refractivity contribution in [1.29, 1.82) is 0 Å². The molecule has 0 aromatic rings. The van der Waals surface area contributed by atoms with E-state index in [0.717, 1.165) is 6.61 Å². The lowest BCUT2D eigenvalue weighted by Gasteiger charge is -2.39. The third kappa shape index (κ3) is 4.73. The highest BCUT2D eigenvalue weighted by Gasteiger charge is 2.36. The fourth-order valence-electron chi connectivity index (χ4n) is 2.61. The average Bonchev–Trinajstić information content (AvgIpc) is 1.96. The highest BCUT2D eigenvalue weighted by molar-refractivity contribution is 5.25. The SMILES string of the molecule is CCOC(=C(C(C)(C)C)C(C)(C)C)C(C)(C)C. The molecule has 0 aliphatic rings. The second-order valence-corrected chi connectivity index (χ2v) is 7.89. The third-order valence-corrected chi connectivity index (χ3v) is 2.70. The lowest BCUT2D eigenvalue weighted by molar-refractivity contribution is 0.140. The molecule has 0 N–H and O–H groups in total. The number of hydrogen-bond acceptors (Lipinski definition) is 1. The van der Waals surface area contributed by atoms with E-state index in [2.05, 4.69) is 69.2 Å². The molecule has 0 heterocycles. The number of rotatable bonds is 2. The molecule has 0 aromatic carbocycles. The molecule has 102 valence electrons. The largest absolute Gasteiger partial charge is 0.498 e.